The van der Waals surface area contributed by atoms with Crippen molar-refractivity contribution in [2.24, 2.45) is 5.73 Å². The smallest absolute Gasteiger partial charge is 0.119 e. The zero-order valence-corrected chi connectivity index (χ0v) is 11.8. The van der Waals surface area contributed by atoms with Crippen LogP contribution < -0.4 is 5.73 Å². The van der Waals surface area contributed by atoms with E-state index < -0.39 is 0 Å². The summed E-state index contributed by atoms with van der Waals surface area (Å²) < 4.78 is 0. The van der Waals surface area contributed by atoms with Crippen molar-refractivity contribution >= 4 is 23.4 Å². The topological polar surface area (TPSA) is 38.9 Å². The van der Waals surface area contributed by atoms with Crippen LogP contribution in [0.5, 0.6) is 0 Å². The maximum absolute atomic E-state index is 6.10. The van der Waals surface area contributed by atoms with Gasteiger partial charge in [0.1, 0.15) is 5.03 Å². The molecule has 2 rings (SSSR count). The van der Waals surface area contributed by atoms with E-state index in [1.54, 1.807) is 18.0 Å². The van der Waals surface area contributed by atoms with E-state index in [1.807, 2.05) is 12.1 Å². The monoisotopic (exact) mass is 278 g/mol. The third-order valence-corrected chi connectivity index (χ3v) is 4.09. The minimum Gasteiger partial charge on any atom is -0.330 e. The van der Waals surface area contributed by atoms with Gasteiger partial charge < -0.3 is 5.73 Å². The van der Waals surface area contributed by atoms with Crippen LogP contribution in [0.3, 0.4) is 0 Å². The molecule has 0 radical (unpaired) electrons. The summed E-state index contributed by atoms with van der Waals surface area (Å²) in [6.45, 7) is 2.79. The quantitative estimate of drug-likeness (QED) is 0.927. The van der Waals surface area contributed by atoms with Crippen LogP contribution in [0, 0.1) is 6.92 Å². The molecule has 94 valence electrons. The second-order valence-corrected chi connectivity index (χ2v) is 5.49. The van der Waals surface area contributed by atoms with Gasteiger partial charge in [0.25, 0.3) is 0 Å². The number of aryl methyl sites for hydroxylation is 1. The minimum atomic E-state index is 0.680. The molecule has 2 aromatic rings. The number of hydrogen-bond acceptors (Lipinski definition) is 3. The number of nitrogens with two attached hydrogens (primary N) is 1. The zero-order valence-electron chi connectivity index (χ0n) is 10.2. The lowest BCUT2D eigenvalue weighted by Gasteiger charge is -2.07. The number of halogens is 1. The molecule has 2 nitrogen and oxygen atoms in total. The molecule has 0 spiro atoms. The van der Waals surface area contributed by atoms with E-state index in [9.17, 15) is 0 Å². The Morgan fingerprint density at radius 1 is 1.33 bits per heavy atom. The summed E-state index contributed by atoms with van der Waals surface area (Å²) in [7, 11) is 0. The molecule has 0 amide bonds. The van der Waals surface area contributed by atoms with Gasteiger partial charge in [-0.3, -0.25) is 0 Å². The summed E-state index contributed by atoms with van der Waals surface area (Å²) in [6.07, 6.45) is 2.67. The standard InChI is InChI=1S/C14H15ClN2S/c1-10-9-12(5-4-11(10)6-7-16)18-14-13(15)3-2-8-17-14/h2-5,8-9H,6-7,16H2,1H3. The first-order valence-corrected chi connectivity index (χ1v) is 6.98. The third-order valence-electron chi connectivity index (χ3n) is 2.67. The number of rotatable bonds is 4. The second kappa shape index (κ2) is 6.23. The third kappa shape index (κ3) is 3.25. The van der Waals surface area contributed by atoms with Crippen LogP contribution in [0.4, 0.5) is 0 Å². The van der Waals surface area contributed by atoms with Gasteiger partial charge in [-0.25, -0.2) is 4.98 Å². The fourth-order valence-corrected chi connectivity index (χ4v) is 2.84. The maximum atomic E-state index is 6.10. The lowest BCUT2D eigenvalue weighted by molar-refractivity contribution is 0.954. The second-order valence-electron chi connectivity index (χ2n) is 4.02. The average Bonchev–Trinajstić information content (AvgIpc) is 2.36. The van der Waals surface area contributed by atoms with Crippen LogP contribution in [0.2, 0.25) is 5.02 Å². The van der Waals surface area contributed by atoms with Gasteiger partial charge in [0.15, 0.2) is 0 Å². The van der Waals surface area contributed by atoms with E-state index in [0.717, 1.165) is 16.3 Å². The molecule has 0 atom stereocenters. The number of pyridine rings is 1. The minimum absolute atomic E-state index is 0.680. The Morgan fingerprint density at radius 2 is 2.17 bits per heavy atom. The van der Waals surface area contributed by atoms with Gasteiger partial charge >= 0.3 is 0 Å². The van der Waals surface area contributed by atoms with E-state index in [4.69, 9.17) is 17.3 Å². The van der Waals surface area contributed by atoms with Gasteiger partial charge in [0, 0.05) is 11.1 Å². The fraction of sp³-hybridized carbons (Fsp3) is 0.214. The van der Waals surface area contributed by atoms with E-state index in [0.29, 0.717) is 11.6 Å². The number of benzene rings is 1. The van der Waals surface area contributed by atoms with Crippen molar-refractivity contribution < 1.29 is 0 Å². The first-order valence-electron chi connectivity index (χ1n) is 5.78. The van der Waals surface area contributed by atoms with Crippen LogP contribution >= 0.6 is 23.4 Å². The maximum Gasteiger partial charge on any atom is 0.119 e. The molecule has 4 heteroatoms. The summed E-state index contributed by atoms with van der Waals surface area (Å²) in [6, 6.07) is 10.1. The lowest BCUT2D eigenvalue weighted by atomic mass is 10.1. The van der Waals surface area contributed by atoms with E-state index >= 15 is 0 Å². The summed E-state index contributed by atoms with van der Waals surface area (Å²) in [4.78, 5) is 5.42. The molecule has 0 saturated carbocycles. The molecule has 18 heavy (non-hydrogen) atoms. The van der Waals surface area contributed by atoms with Crippen LogP contribution in [-0.2, 0) is 6.42 Å². The first-order chi connectivity index (χ1) is 8.70. The van der Waals surface area contributed by atoms with E-state index in [2.05, 4.69) is 30.1 Å². The molecule has 0 aliphatic rings. The van der Waals surface area contributed by atoms with Gasteiger partial charge in [-0.05, 0) is 55.3 Å². The highest BCUT2D eigenvalue weighted by Crippen LogP contribution is 2.32. The van der Waals surface area contributed by atoms with Crippen molar-refractivity contribution in [3.63, 3.8) is 0 Å². The zero-order chi connectivity index (χ0) is 13.0. The van der Waals surface area contributed by atoms with Crippen molar-refractivity contribution in [2.45, 2.75) is 23.3 Å². The van der Waals surface area contributed by atoms with Crippen molar-refractivity contribution in [3.8, 4) is 0 Å². The largest absolute Gasteiger partial charge is 0.330 e. The number of hydrogen-bond donors (Lipinski definition) is 1. The van der Waals surface area contributed by atoms with Gasteiger partial charge in [-0.1, -0.05) is 29.4 Å². The van der Waals surface area contributed by atoms with Crippen LogP contribution in [0.25, 0.3) is 0 Å². The van der Waals surface area contributed by atoms with Crippen molar-refractivity contribution in [1.29, 1.82) is 0 Å². The molecule has 0 aliphatic carbocycles. The molecular weight excluding hydrogens is 264 g/mol. The van der Waals surface area contributed by atoms with Crippen LogP contribution in [0.1, 0.15) is 11.1 Å². The van der Waals surface area contributed by atoms with Crippen molar-refractivity contribution in [2.75, 3.05) is 6.54 Å². The molecule has 0 saturated heterocycles. The van der Waals surface area contributed by atoms with Crippen molar-refractivity contribution in [3.05, 3.63) is 52.7 Å². The molecule has 2 N–H and O–H groups in total. The van der Waals surface area contributed by atoms with E-state index in [-0.39, 0.29) is 0 Å². The first kappa shape index (κ1) is 13.4. The molecule has 1 aromatic carbocycles. The summed E-state index contributed by atoms with van der Waals surface area (Å²) in [5.41, 5.74) is 8.14. The normalized spacial score (nSPS) is 10.6. The molecular formula is C14H15ClN2S. The predicted molar refractivity (Wildman–Crippen MR) is 77.3 cm³/mol. The van der Waals surface area contributed by atoms with Gasteiger partial charge in [0.05, 0.1) is 5.02 Å². The number of nitrogens with zero attached hydrogens (tertiary/aromatic N) is 1. The molecule has 0 unspecified atom stereocenters. The Bertz CT molecular complexity index is 543. The summed E-state index contributed by atoms with van der Waals surface area (Å²) in [5, 5.41) is 1.52. The summed E-state index contributed by atoms with van der Waals surface area (Å²) in [5.74, 6) is 0. The fourth-order valence-electron chi connectivity index (χ4n) is 1.73. The number of aromatic nitrogens is 1. The molecule has 1 heterocycles. The van der Waals surface area contributed by atoms with Crippen LogP contribution in [-0.4, -0.2) is 11.5 Å². The molecule has 0 bridgehead atoms. The Kier molecular flexibility index (Phi) is 4.64. The highest BCUT2D eigenvalue weighted by Gasteiger charge is 2.05. The molecule has 0 fully saturated rings. The highest BCUT2D eigenvalue weighted by atomic mass is 35.5. The average molecular weight is 279 g/mol. The molecule has 0 aliphatic heterocycles. The highest BCUT2D eigenvalue weighted by molar-refractivity contribution is 7.99. The van der Waals surface area contributed by atoms with Gasteiger partial charge in [-0.2, -0.15) is 0 Å². The Morgan fingerprint density at radius 3 is 2.83 bits per heavy atom. The lowest BCUT2D eigenvalue weighted by Crippen LogP contribution is -2.03. The predicted octanol–water partition coefficient (Wildman–Crippen LogP) is 3.70. The van der Waals surface area contributed by atoms with Gasteiger partial charge in [0.2, 0.25) is 0 Å². The molecule has 1 aromatic heterocycles. The van der Waals surface area contributed by atoms with Crippen LogP contribution in [0.15, 0.2) is 46.5 Å². The Labute approximate surface area is 117 Å². The van der Waals surface area contributed by atoms with Gasteiger partial charge in [-0.15, -0.1) is 0 Å². The SMILES string of the molecule is Cc1cc(Sc2ncccc2Cl)ccc1CCN. The van der Waals surface area contributed by atoms with Crippen molar-refractivity contribution in [1.82, 2.24) is 4.98 Å². The summed E-state index contributed by atoms with van der Waals surface area (Å²) >= 11 is 7.68. The van der Waals surface area contributed by atoms with E-state index in [1.165, 1.54) is 11.1 Å². The Hall–Kier alpha value is -1.03. The Balaban J connectivity index is 2.20.